The van der Waals surface area contributed by atoms with Crippen molar-refractivity contribution in [3.05, 3.63) is 64.6 Å². The van der Waals surface area contributed by atoms with Crippen LogP contribution in [-0.4, -0.2) is 37.2 Å². The van der Waals surface area contributed by atoms with Crippen molar-refractivity contribution >= 4 is 48.4 Å². The Hall–Kier alpha value is -1.31. The fraction of sp³-hybridized carbons (Fsp3) is 0.278. The Morgan fingerprint density at radius 1 is 1.08 bits per heavy atom. The number of fused-ring (bicyclic) bond motifs is 1. The number of sulfone groups is 1. The first-order valence-corrected chi connectivity index (χ1v) is 11.6. The Morgan fingerprint density at radius 2 is 1.80 bits per heavy atom. The minimum absolute atomic E-state index is 0.0835. The maximum absolute atomic E-state index is 12.0. The fourth-order valence-electron chi connectivity index (χ4n) is 3.25. The van der Waals surface area contributed by atoms with Gasteiger partial charge in [0.2, 0.25) is 0 Å². The number of para-hydroxylation sites is 1. The number of hydrogen-bond donors (Lipinski definition) is 0. The zero-order valence-electron chi connectivity index (χ0n) is 13.4. The van der Waals surface area contributed by atoms with Crippen LogP contribution in [-0.2, 0) is 15.6 Å². The summed E-state index contributed by atoms with van der Waals surface area (Å²) in [6.07, 6.45) is 0. The van der Waals surface area contributed by atoms with E-state index in [9.17, 15) is 8.42 Å². The Bertz CT molecular complexity index is 898. The SMILES string of the molecule is O=S1(=O)C[C@@H]2N=C(SCc3ccc(Br)cc3)N(c3ccccc3)[C@@H]2C1. The number of anilines is 1. The Kier molecular flexibility index (Phi) is 4.64. The lowest BCUT2D eigenvalue weighted by molar-refractivity contribution is 0.601. The summed E-state index contributed by atoms with van der Waals surface area (Å²) in [5.41, 5.74) is 2.22. The molecule has 0 N–H and O–H groups in total. The summed E-state index contributed by atoms with van der Waals surface area (Å²) in [5, 5.41) is 0.916. The summed E-state index contributed by atoms with van der Waals surface area (Å²) in [5.74, 6) is 1.14. The number of nitrogens with zero attached hydrogens (tertiary/aromatic N) is 2. The van der Waals surface area contributed by atoms with Crippen LogP contribution in [0.3, 0.4) is 0 Å². The van der Waals surface area contributed by atoms with Gasteiger partial charge in [-0.1, -0.05) is 58.0 Å². The summed E-state index contributed by atoms with van der Waals surface area (Å²) in [6, 6.07) is 17.9. The molecule has 2 aromatic carbocycles. The molecule has 2 aliphatic rings. The second kappa shape index (κ2) is 6.78. The van der Waals surface area contributed by atoms with Crippen LogP contribution < -0.4 is 4.90 Å². The summed E-state index contributed by atoms with van der Waals surface area (Å²) in [7, 11) is -3.00. The maximum Gasteiger partial charge on any atom is 0.164 e. The third-order valence-corrected chi connectivity index (χ3v) is 7.69. The smallest absolute Gasteiger partial charge is 0.164 e. The predicted molar refractivity (Wildman–Crippen MR) is 108 cm³/mol. The van der Waals surface area contributed by atoms with E-state index in [1.165, 1.54) is 5.56 Å². The van der Waals surface area contributed by atoms with Crippen LogP contribution in [0.4, 0.5) is 5.69 Å². The first-order chi connectivity index (χ1) is 12.0. The molecule has 0 spiro atoms. The average molecular weight is 437 g/mol. The van der Waals surface area contributed by atoms with Crippen LogP contribution in [0.1, 0.15) is 5.56 Å². The third kappa shape index (κ3) is 3.64. The first kappa shape index (κ1) is 17.1. The molecule has 4 rings (SSSR count). The zero-order valence-corrected chi connectivity index (χ0v) is 16.6. The Labute approximate surface area is 160 Å². The molecule has 0 unspecified atom stereocenters. The molecule has 0 amide bonds. The van der Waals surface area contributed by atoms with E-state index in [1.807, 2.05) is 42.5 Å². The Morgan fingerprint density at radius 3 is 2.52 bits per heavy atom. The van der Waals surface area contributed by atoms with Crippen LogP contribution in [0.2, 0.25) is 0 Å². The van der Waals surface area contributed by atoms with Gasteiger partial charge in [0.05, 0.1) is 23.6 Å². The molecular formula is C18H17BrN2O2S2. The van der Waals surface area contributed by atoms with Gasteiger partial charge in [0, 0.05) is 15.9 Å². The average Bonchev–Trinajstić information content (AvgIpc) is 3.06. The molecule has 2 aliphatic heterocycles. The standard InChI is InChI=1S/C18H17BrN2O2S2/c19-14-8-6-13(7-9-14)10-24-18-20-16-11-25(22,23)12-17(16)21(18)15-4-2-1-3-5-15/h1-9,16-17H,10-12H2/t16-,17+/m0/s1. The third-order valence-electron chi connectivity index (χ3n) is 4.42. The van der Waals surface area contributed by atoms with Gasteiger partial charge < -0.3 is 4.90 Å². The van der Waals surface area contributed by atoms with E-state index in [2.05, 4.69) is 33.0 Å². The lowest BCUT2D eigenvalue weighted by atomic mass is 10.1. The highest BCUT2D eigenvalue weighted by Gasteiger charge is 2.47. The van der Waals surface area contributed by atoms with Gasteiger partial charge in [0.15, 0.2) is 15.0 Å². The maximum atomic E-state index is 12.0. The lowest BCUT2D eigenvalue weighted by Gasteiger charge is -2.26. The first-order valence-electron chi connectivity index (χ1n) is 8.02. The molecular weight excluding hydrogens is 420 g/mol. The molecule has 2 aromatic rings. The minimum Gasteiger partial charge on any atom is -0.315 e. The van der Waals surface area contributed by atoms with Crippen molar-refractivity contribution in [2.45, 2.75) is 17.8 Å². The molecule has 1 fully saturated rings. The zero-order chi connectivity index (χ0) is 17.4. The monoisotopic (exact) mass is 436 g/mol. The topological polar surface area (TPSA) is 49.7 Å². The van der Waals surface area contributed by atoms with Crippen molar-refractivity contribution in [1.29, 1.82) is 0 Å². The number of hydrogen-bond acceptors (Lipinski definition) is 5. The van der Waals surface area contributed by atoms with Gasteiger partial charge in [-0.3, -0.25) is 4.99 Å². The van der Waals surface area contributed by atoms with Gasteiger partial charge in [0.25, 0.3) is 0 Å². The van der Waals surface area contributed by atoms with E-state index >= 15 is 0 Å². The van der Waals surface area contributed by atoms with Gasteiger partial charge in [0.1, 0.15) is 0 Å². The van der Waals surface area contributed by atoms with Crippen molar-refractivity contribution in [3.63, 3.8) is 0 Å². The summed E-state index contributed by atoms with van der Waals surface area (Å²) >= 11 is 5.12. The highest BCUT2D eigenvalue weighted by atomic mass is 79.9. The van der Waals surface area contributed by atoms with Crippen LogP contribution >= 0.6 is 27.7 Å². The van der Waals surface area contributed by atoms with Crippen molar-refractivity contribution in [2.24, 2.45) is 4.99 Å². The summed E-state index contributed by atoms with van der Waals surface area (Å²) in [6.45, 7) is 0. The summed E-state index contributed by atoms with van der Waals surface area (Å²) in [4.78, 5) is 6.86. The van der Waals surface area contributed by atoms with E-state index < -0.39 is 9.84 Å². The van der Waals surface area contributed by atoms with Crippen LogP contribution in [0.5, 0.6) is 0 Å². The molecule has 0 saturated carbocycles. The van der Waals surface area contributed by atoms with Gasteiger partial charge in [-0.15, -0.1) is 0 Å². The molecule has 1 saturated heterocycles. The molecule has 4 nitrogen and oxygen atoms in total. The highest BCUT2D eigenvalue weighted by molar-refractivity contribution is 9.10. The van der Waals surface area contributed by atoms with Crippen LogP contribution in [0.25, 0.3) is 0 Å². The number of halogens is 1. The highest BCUT2D eigenvalue weighted by Crippen LogP contribution is 2.35. The van der Waals surface area contributed by atoms with Crippen molar-refractivity contribution in [2.75, 3.05) is 16.4 Å². The predicted octanol–water partition coefficient (Wildman–Crippen LogP) is 3.72. The van der Waals surface area contributed by atoms with Crippen molar-refractivity contribution < 1.29 is 8.42 Å². The fourth-order valence-corrected chi connectivity index (χ4v) is 6.44. The van der Waals surface area contributed by atoms with Gasteiger partial charge >= 0.3 is 0 Å². The van der Waals surface area contributed by atoms with E-state index in [-0.39, 0.29) is 23.6 Å². The molecule has 2 heterocycles. The van der Waals surface area contributed by atoms with Gasteiger partial charge in [-0.25, -0.2) is 8.42 Å². The molecule has 25 heavy (non-hydrogen) atoms. The Balaban J connectivity index is 1.59. The van der Waals surface area contributed by atoms with E-state index in [4.69, 9.17) is 4.99 Å². The van der Waals surface area contributed by atoms with Crippen molar-refractivity contribution in [1.82, 2.24) is 0 Å². The molecule has 130 valence electrons. The molecule has 0 aromatic heterocycles. The number of rotatable bonds is 3. The van der Waals surface area contributed by atoms with Crippen LogP contribution in [0, 0.1) is 0 Å². The summed E-state index contributed by atoms with van der Waals surface area (Å²) < 4.78 is 25.1. The minimum atomic E-state index is -3.00. The van der Waals surface area contributed by atoms with Gasteiger partial charge in [-0.05, 0) is 29.8 Å². The van der Waals surface area contributed by atoms with Gasteiger partial charge in [-0.2, -0.15) is 0 Å². The molecule has 7 heteroatoms. The number of amidine groups is 1. The number of aliphatic imine (C=N–C) groups is 1. The number of thioether (sulfide) groups is 1. The molecule has 2 atom stereocenters. The van der Waals surface area contributed by atoms with E-state index in [1.54, 1.807) is 11.8 Å². The molecule has 0 radical (unpaired) electrons. The normalized spacial score (nSPS) is 24.2. The van der Waals surface area contributed by atoms with E-state index in [0.29, 0.717) is 0 Å². The quantitative estimate of drug-likeness (QED) is 0.735. The van der Waals surface area contributed by atoms with Crippen molar-refractivity contribution in [3.8, 4) is 0 Å². The lowest BCUT2D eigenvalue weighted by Crippen LogP contribution is -2.39. The second-order valence-electron chi connectivity index (χ2n) is 6.24. The largest absolute Gasteiger partial charge is 0.315 e. The van der Waals surface area contributed by atoms with Crippen LogP contribution in [0.15, 0.2) is 64.1 Å². The number of benzene rings is 2. The molecule has 0 aliphatic carbocycles. The second-order valence-corrected chi connectivity index (χ2v) is 10.3. The van der Waals surface area contributed by atoms with E-state index in [0.717, 1.165) is 21.1 Å². The molecule has 0 bridgehead atoms.